The summed E-state index contributed by atoms with van der Waals surface area (Å²) in [7, 11) is 0. The monoisotopic (exact) mass is 232 g/mol. The van der Waals surface area contributed by atoms with E-state index in [1.165, 1.54) is 16.5 Å². The van der Waals surface area contributed by atoms with Gasteiger partial charge in [-0.1, -0.05) is 18.2 Å². The van der Waals surface area contributed by atoms with Crippen LogP contribution >= 0.6 is 0 Å². The topological polar surface area (TPSA) is 37.2 Å². The first kappa shape index (κ1) is 12.1. The summed E-state index contributed by atoms with van der Waals surface area (Å²) in [6.07, 6.45) is 1.90. The van der Waals surface area contributed by atoms with E-state index in [1.54, 1.807) is 6.92 Å². The van der Waals surface area contributed by atoms with Crippen molar-refractivity contribution in [3.05, 3.63) is 36.0 Å². The third kappa shape index (κ3) is 2.68. The molecule has 3 nitrogen and oxygen atoms in total. The van der Waals surface area contributed by atoms with Crippen molar-refractivity contribution in [1.29, 1.82) is 0 Å². The van der Waals surface area contributed by atoms with Gasteiger partial charge in [0.25, 0.3) is 0 Å². The average molecular weight is 232 g/mol. The lowest BCUT2D eigenvalue weighted by atomic mass is 10.2. The number of aryl methyl sites for hydroxylation is 1. The van der Waals surface area contributed by atoms with Crippen LogP contribution in [0.1, 0.15) is 19.4 Å². The van der Waals surface area contributed by atoms with Gasteiger partial charge in [-0.05, 0) is 25.5 Å². The second-order valence-corrected chi connectivity index (χ2v) is 4.44. The first-order chi connectivity index (χ1) is 8.22. The van der Waals surface area contributed by atoms with Crippen molar-refractivity contribution in [3.63, 3.8) is 0 Å². The van der Waals surface area contributed by atoms with E-state index in [9.17, 15) is 5.11 Å². The van der Waals surface area contributed by atoms with Gasteiger partial charge in [-0.25, -0.2) is 0 Å². The summed E-state index contributed by atoms with van der Waals surface area (Å²) in [5.74, 6) is 0. The van der Waals surface area contributed by atoms with Gasteiger partial charge in [-0.3, -0.25) is 0 Å². The Labute approximate surface area is 102 Å². The molecule has 0 saturated carbocycles. The van der Waals surface area contributed by atoms with E-state index >= 15 is 0 Å². The van der Waals surface area contributed by atoms with Crippen molar-refractivity contribution in [2.75, 3.05) is 6.54 Å². The molecule has 1 aromatic carbocycles. The molecule has 92 valence electrons. The van der Waals surface area contributed by atoms with Gasteiger partial charge >= 0.3 is 0 Å². The van der Waals surface area contributed by atoms with Crippen LogP contribution in [0, 0.1) is 0 Å². The highest BCUT2D eigenvalue weighted by atomic mass is 16.3. The van der Waals surface area contributed by atoms with E-state index in [1.807, 2.05) is 0 Å². The van der Waals surface area contributed by atoms with E-state index in [4.69, 9.17) is 0 Å². The van der Waals surface area contributed by atoms with Crippen molar-refractivity contribution in [2.45, 2.75) is 33.0 Å². The molecule has 0 bridgehead atoms. The van der Waals surface area contributed by atoms with Crippen LogP contribution in [-0.4, -0.2) is 22.3 Å². The largest absolute Gasteiger partial charge is 0.392 e. The zero-order chi connectivity index (χ0) is 12.3. The molecule has 0 aliphatic heterocycles. The summed E-state index contributed by atoms with van der Waals surface area (Å²) in [4.78, 5) is 0. The maximum Gasteiger partial charge on any atom is 0.0636 e. The Morgan fingerprint density at radius 1 is 1.35 bits per heavy atom. The minimum atomic E-state index is -0.297. The lowest BCUT2D eigenvalue weighted by Gasteiger charge is -2.05. The fraction of sp³-hybridized carbons (Fsp3) is 0.429. The van der Waals surface area contributed by atoms with Crippen LogP contribution in [0.3, 0.4) is 0 Å². The number of rotatable bonds is 5. The van der Waals surface area contributed by atoms with Crippen LogP contribution in [-0.2, 0) is 13.1 Å². The molecule has 1 aromatic heterocycles. The Morgan fingerprint density at radius 3 is 2.82 bits per heavy atom. The van der Waals surface area contributed by atoms with Crippen molar-refractivity contribution in [2.24, 2.45) is 0 Å². The Balaban J connectivity index is 2.22. The van der Waals surface area contributed by atoms with Gasteiger partial charge in [0.2, 0.25) is 0 Å². The van der Waals surface area contributed by atoms with Crippen LogP contribution in [0.2, 0.25) is 0 Å². The highest BCUT2D eigenvalue weighted by molar-refractivity contribution is 5.83. The number of aliphatic hydroxyl groups is 1. The van der Waals surface area contributed by atoms with Gasteiger partial charge < -0.3 is 15.0 Å². The summed E-state index contributed by atoms with van der Waals surface area (Å²) in [6.45, 7) is 6.36. The smallest absolute Gasteiger partial charge is 0.0636 e. The minimum Gasteiger partial charge on any atom is -0.392 e. The number of para-hydroxylation sites is 1. The standard InChI is InChI=1S/C14H20N2O/c1-3-16-10-12(9-15-8-11(2)17)13-6-4-5-7-14(13)16/h4-7,10-11,15,17H,3,8-9H2,1-2H3/t11-/m1/s1. The Kier molecular flexibility index (Phi) is 3.82. The van der Waals surface area contributed by atoms with Gasteiger partial charge in [-0.2, -0.15) is 0 Å². The molecule has 0 saturated heterocycles. The van der Waals surface area contributed by atoms with E-state index in [0.29, 0.717) is 6.54 Å². The number of fused-ring (bicyclic) bond motifs is 1. The van der Waals surface area contributed by atoms with Gasteiger partial charge in [0.1, 0.15) is 0 Å². The number of aliphatic hydroxyl groups excluding tert-OH is 1. The molecule has 2 rings (SSSR count). The average Bonchev–Trinajstić information content (AvgIpc) is 2.68. The van der Waals surface area contributed by atoms with Crippen molar-refractivity contribution in [1.82, 2.24) is 9.88 Å². The number of nitrogens with zero attached hydrogens (tertiary/aromatic N) is 1. The third-order valence-corrected chi connectivity index (χ3v) is 2.97. The Hall–Kier alpha value is -1.32. The van der Waals surface area contributed by atoms with Gasteiger partial charge in [0, 0.05) is 36.7 Å². The lowest BCUT2D eigenvalue weighted by Crippen LogP contribution is -2.23. The molecule has 17 heavy (non-hydrogen) atoms. The summed E-state index contributed by atoms with van der Waals surface area (Å²) in [5, 5.41) is 13.8. The molecule has 1 heterocycles. The first-order valence-electron chi connectivity index (χ1n) is 6.18. The van der Waals surface area contributed by atoms with Crippen LogP contribution < -0.4 is 5.32 Å². The molecule has 2 N–H and O–H groups in total. The highest BCUT2D eigenvalue weighted by Crippen LogP contribution is 2.20. The molecule has 0 aliphatic rings. The molecular weight excluding hydrogens is 212 g/mol. The molecule has 0 radical (unpaired) electrons. The second-order valence-electron chi connectivity index (χ2n) is 4.44. The predicted molar refractivity (Wildman–Crippen MR) is 71.0 cm³/mol. The SMILES string of the molecule is CCn1cc(CNC[C@@H](C)O)c2ccccc21. The molecular formula is C14H20N2O. The van der Waals surface area contributed by atoms with E-state index in [-0.39, 0.29) is 6.10 Å². The zero-order valence-electron chi connectivity index (χ0n) is 10.5. The Bertz CT molecular complexity index is 488. The minimum absolute atomic E-state index is 0.297. The number of nitrogens with one attached hydrogen (secondary N) is 1. The molecule has 1 atom stereocenters. The number of hydrogen-bond donors (Lipinski definition) is 2. The van der Waals surface area contributed by atoms with Gasteiger partial charge in [0.05, 0.1) is 6.10 Å². The quantitative estimate of drug-likeness (QED) is 0.828. The van der Waals surface area contributed by atoms with Crippen molar-refractivity contribution < 1.29 is 5.11 Å². The number of hydrogen-bond acceptors (Lipinski definition) is 2. The predicted octanol–water partition coefficient (Wildman–Crippen LogP) is 2.13. The van der Waals surface area contributed by atoms with Crippen LogP contribution in [0.25, 0.3) is 10.9 Å². The summed E-state index contributed by atoms with van der Waals surface area (Å²) < 4.78 is 2.26. The lowest BCUT2D eigenvalue weighted by molar-refractivity contribution is 0.191. The molecule has 3 heteroatoms. The first-order valence-corrected chi connectivity index (χ1v) is 6.18. The van der Waals surface area contributed by atoms with E-state index in [0.717, 1.165) is 13.1 Å². The molecule has 2 aromatic rings. The van der Waals surface area contributed by atoms with Crippen LogP contribution in [0.15, 0.2) is 30.5 Å². The van der Waals surface area contributed by atoms with E-state index < -0.39 is 0 Å². The highest BCUT2D eigenvalue weighted by Gasteiger charge is 2.06. The maximum atomic E-state index is 9.23. The van der Waals surface area contributed by atoms with E-state index in [2.05, 4.69) is 47.3 Å². The van der Waals surface area contributed by atoms with Crippen molar-refractivity contribution in [3.8, 4) is 0 Å². The molecule has 0 fully saturated rings. The molecule has 0 unspecified atom stereocenters. The number of aromatic nitrogens is 1. The molecule has 0 amide bonds. The van der Waals surface area contributed by atoms with Crippen molar-refractivity contribution >= 4 is 10.9 Å². The fourth-order valence-corrected chi connectivity index (χ4v) is 2.14. The molecule has 0 aliphatic carbocycles. The second kappa shape index (κ2) is 5.34. The van der Waals surface area contributed by atoms with Gasteiger partial charge in [0.15, 0.2) is 0 Å². The number of benzene rings is 1. The summed E-state index contributed by atoms with van der Waals surface area (Å²) in [6, 6.07) is 8.44. The maximum absolute atomic E-state index is 9.23. The van der Waals surface area contributed by atoms with Gasteiger partial charge in [-0.15, -0.1) is 0 Å². The normalized spacial score (nSPS) is 13.1. The zero-order valence-corrected chi connectivity index (χ0v) is 10.5. The summed E-state index contributed by atoms with van der Waals surface area (Å²) in [5.41, 5.74) is 2.58. The fourth-order valence-electron chi connectivity index (χ4n) is 2.14. The van der Waals surface area contributed by atoms with Crippen LogP contribution in [0.4, 0.5) is 0 Å². The van der Waals surface area contributed by atoms with Crippen LogP contribution in [0.5, 0.6) is 0 Å². The third-order valence-electron chi connectivity index (χ3n) is 2.97. The Morgan fingerprint density at radius 2 is 2.12 bits per heavy atom. The summed E-state index contributed by atoms with van der Waals surface area (Å²) >= 11 is 0. The molecule has 0 spiro atoms.